The Hall–Kier alpha value is -1.01. The van der Waals surface area contributed by atoms with E-state index in [1.165, 1.54) is 11.8 Å². The van der Waals surface area contributed by atoms with E-state index < -0.39 is 23.5 Å². The van der Waals surface area contributed by atoms with Crippen molar-refractivity contribution in [3.63, 3.8) is 0 Å². The summed E-state index contributed by atoms with van der Waals surface area (Å²) >= 11 is 1.53. The molecule has 1 fully saturated rings. The monoisotopic (exact) mass is 260 g/mol. The molecule has 1 aliphatic heterocycles. The van der Waals surface area contributed by atoms with Crippen LogP contribution in [0.3, 0.4) is 0 Å². The van der Waals surface area contributed by atoms with Gasteiger partial charge in [0, 0.05) is 12.7 Å². The molecule has 0 N–H and O–H groups in total. The van der Waals surface area contributed by atoms with Crippen molar-refractivity contribution in [1.29, 1.82) is 0 Å². The lowest BCUT2D eigenvalue weighted by molar-refractivity contribution is -0.163. The zero-order valence-corrected chi connectivity index (χ0v) is 10.6. The molecule has 1 heterocycles. The standard InChI is InChI=1S/C11H16O5S/c1-3-9(12)15-7-10(13)16-11(2)8-14-5-4-6-17-11/h3H,1,4-8H2,2H3. The average Bonchev–Trinajstić information content (AvgIpc) is 2.50. The van der Waals surface area contributed by atoms with E-state index >= 15 is 0 Å². The topological polar surface area (TPSA) is 61.8 Å². The molecule has 0 aromatic heterocycles. The third-order valence-corrected chi connectivity index (χ3v) is 3.34. The van der Waals surface area contributed by atoms with Crippen LogP contribution >= 0.6 is 11.8 Å². The molecule has 0 bridgehead atoms. The van der Waals surface area contributed by atoms with Crippen LogP contribution in [0.1, 0.15) is 13.3 Å². The highest BCUT2D eigenvalue weighted by Crippen LogP contribution is 2.30. The summed E-state index contributed by atoms with van der Waals surface area (Å²) < 4.78 is 15.2. The van der Waals surface area contributed by atoms with Crippen LogP contribution in [-0.4, -0.2) is 42.4 Å². The number of esters is 2. The van der Waals surface area contributed by atoms with Gasteiger partial charge >= 0.3 is 11.9 Å². The van der Waals surface area contributed by atoms with Crippen molar-refractivity contribution in [3.8, 4) is 0 Å². The van der Waals surface area contributed by atoms with Gasteiger partial charge in [-0.25, -0.2) is 9.59 Å². The van der Waals surface area contributed by atoms with E-state index in [1.54, 1.807) is 6.92 Å². The summed E-state index contributed by atoms with van der Waals surface area (Å²) in [6.07, 6.45) is 1.93. The van der Waals surface area contributed by atoms with Gasteiger partial charge in [0.2, 0.25) is 0 Å². The Morgan fingerprint density at radius 2 is 2.35 bits per heavy atom. The Bertz CT molecular complexity index is 294. The summed E-state index contributed by atoms with van der Waals surface area (Å²) in [4.78, 5) is 21.5. The molecule has 1 rings (SSSR count). The van der Waals surface area contributed by atoms with Crippen LogP contribution in [-0.2, 0) is 23.8 Å². The lowest BCUT2D eigenvalue weighted by Crippen LogP contribution is -2.34. The molecule has 17 heavy (non-hydrogen) atoms. The minimum atomic E-state index is -0.700. The smallest absolute Gasteiger partial charge is 0.345 e. The van der Waals surface area contributed by atoms with E-state index in [4.69, 9.17) is 9.47 Å². The number of carbonyl (C=O) groups is 2. The second-order valence-electron chi connectivity index (χ2n) is 3.67. The molecule has 5 nitrogen and oxygen atoms in total. The van der Waals surface area contributed by atoms with Crippen molar-refractivity contribution < 1.29 is 23.8 Å². The fraction of sp³-hybridized carbons (Fsp3) is 0.636. The summed E-state index contributed by atoms with van der Waals surface area (Å²) in [6.45, 7) is 5.63. The number of thioether (sulfide) groups is 1. The molecular formula is C11H16O5S. The van der Waals surface area contributed by atoms with Gasteiger partial charge in [-0.15, -0.1) is 11.8 Å². The number of ether oxygens (including phenoxy) is 3. The maximum atomic E-state index is 11.4. The van der Waals surface area contributed by atoms with Crippen LogP contribution in [0.15, 0.2) is 12.7 Å². The molecule has 0 radical (unpaired) electrons. The predicted octanol–water partition coefficient (Wildman–Crippen LogP) is 1.13. The van der Waals surface area contributed by atoms with Crippen molar-refractivity contribution in [2.24, 2.45) is 0 Å². The van der Waals surface area contributed by atoms with Gasteiger partial charge in [-0.1, -0.05) is 6.58 Å². The van der Waals surface area contributed by atoms with Gasteiger partial charge in [-0.05, 0) is 19.1 Å². The van der Waals surface area contributed by atoms with Crippen molar-refractivity contribution in [2.75, 3.05) is 25.6 Å². The molecule has 1 aliphatic rings. The summed E-state index contributed by atoms with van der Waals surface area (Å²) in [6, 6.07) is 0. The highest BCUT2D eigenvalue weighted by molar-refractivity contribution is 8.00. The van der Waals surface area contributed by atoms with Crippen LogP contribution in [0.25, 0.3) is 0 Å². The Kier molecular flexibility index (Phi) is 5.50. The largest absolute Gasteiger partial charge is 0.451 e. The van der Waals surface area contributed by atoms with Gasteiger partial charge < -0.3 is 14.2 Å². The first-order valence-electron chi connectivity index (χ1n) is 5.28. The second kappa shape index (κ2) is 6.66. The van der Waals surface area contributed by atoms with Gasteiger partial charge in [-0.3, -0.25) is 0 Å². The SMILES string of the molecule is C=CC(=O)OCC(=O)OC1(C)COCCCS1. The van der Waals surface area contributed by atoms with Gasteiger partial charge in [0.15, 0.2) is 11.5 Å². The van der Waals surface area contributed by atoms with E-state index in [0.717, 1.165) is 18.2 Å². The maximum absolute atomic E-state index is 11.4. The molecule has 1 atom stereocenters. The minimum Gasteiger partial charge on any atom is -0.451 e. The van der Waals surface area contributed by atoms with E-state index in [1.807, 2.05) is 0 Å². The number of rotatable bonds is 4. The summed E-state index contributed by atoms with van der Waals surface area (Å²) in [5, 5.41) is 0. The fourth-order valence-corrected chi connectivity index (χ4v) is 2.28. The predicted molar refractivity (Wildman–Crippen MR) is 63.5 cm³/mol. The third kappa shape index (κ3) is 5.23. The lowest BCUT2D eigenvalue weighted by atomic mass is 10.4. The first-order chi connectivity index (χ1) is 8.06. The third-order valence-electron chi connectivity index (χ3n) is 2.03. The van der Waals surface area contributed by atoms with Crippen LogP contribution in [0.5, 0.6) is 0 Å². The molecule has 6 heteroatoms. The Morgan fingerprint density at radius 1 is 1.59 bits per heavy atom. The maximum Gasteiger partial charge on any atom is 0.345 e. The quantitative estimate of drug-likeness (QED) is 0.558. The highest BCUT2D eigenvalue weighted by Gasteiger charge is 2.31. The van der Waals surface area contributed by atoms with Crippen molar-refractivity contribution in [1.82, 2.24) is 0 Å². The number of hydrogen-bond acceptors (Lipinski definition) is 6. The van der Waals surface area contributed by atoms with Crippen LogP contribution < -0.4 is 0 Å². The molecule has 0 aliphatic carbocycles. The van der Waals surface area contributed by atoms with Crippen LogP contribution in [0.2, 0.25) is 0 Å². The van der Waals surface area contributed by atoms with E-state index in [9.17, 15) is 9.59 Å². The van der Waals surface area contributed by atoms with E-state index in [0.29, 0.717) is 13.2 Å². The first kappa shape index (κ1) is 14.1. The van der Waals surface area contributed by atoms with E-state index in [2.05, 4.69) is 11.3 Å². The highest BCUT2D eigenvalue weighted by atomic mass is 32.2. The Labute approximate surface area is 104 Å². The zero-order valence-electron chi connectivity index (χ0n) is 9.77. The fourth-order valence-electron chi connectivity index (χ4n) is 1.27. The Balaban J connectivity index is 2.37. The van der Waals surface area contributed by atoms with E-state index in [-0.39, 0.29) is 0 Å². The Morgan fingerprint density at radius 3 is 3.06 bits per heavy atom. The molecule has 0 saturated carbocycles. The zero-order chi connectivity index (χ0) is 12.7. The normalized spacial score (nSPS) is 24.5. The molecule has 0 aromatic rings. The van der Waals surface area contributed by atoms with Gasteiger partial charge in [0.25, 0.3) is 0 Å². The van der Waals surface area contributed by atoms with Gasteiger partial charge in [-0.2, -0.15) is 0 Å². The minimum absolute atomic E-state index is 0.346. The number of carbonyl (C=O) groups excluding carboxylic acids is 2. The van der Waals surface area contributed by atoms with Crippen molar-refractivity contribution in [3.05, 3.63) is 12.7 Å². The molecule has 1 unspecified atom stereocenters. The van der Waals surface area contributed by atoms with Gasteiger partial charge in [0.1, 0.15) is 0 Å². The molecule has 0 aromatic carbocycles. The summed E-state index contributed by atoms with van der Waals surface area (Å²) in [5.41, 5.74) is 0. The lowest BCUT2D eigenvalue weighted by Gasteiger charge is -2.26. The number of hydrogen-bond donors (Lipinski definition) is 0. The molecular weight excluding hydrogens is 244 g/mol. The molecule has 96 valence electrons. The first-order valence-corrected chi connectivity index (χ1v) is 6.27. The molecule has 1 saturated heterocycles. The summed E-state index contributed by atoms with van der Waals surface area (Å²) in [5.74, 6) is -0.353. The van der Waals surface area contributed by atoms with Crippen molar-refractivity contribution in [2.45, 2.75) is 18.3 Å². The second-order valence-corrected chi connectivity index (χ2v) is 5.23. The average molecular weight is 260 g/mol. The summed E-state index contributed by atoms with van der Waals surface area (Å²) in [7, 11) is 0. The van der Waals surface area contributed by atoms with Crippen LogP contribution in [0.4, 0.5) is 0 Å². The molecule has 0 spiro atoms. The molecule has 0 amide bonds. The van der Waals surface area contributed by atoms with Gasteiger partial charge in [0.05, 0.1) is 6.61 Å². The van der Waals surface area contributed by atoms with Crippen LogP contribution in [0, 0.1) is 0 Å². The van der Waals surface area contributed by atoms with Crippen molar-refractivity contribution >= 4 is 23.7 Å².